The van der Waals surface area contributed by atoms with Crippen molar-refractivity contribution in [2.24, 2.45) is 0 Å². The Morgan fingerprint density at radius 1 is 0.750 bits per heavy atom. The van der Waals surface area contributed by atoms with Crippen LogP contribution in [0.25, 0.3) is 0 Å². The fourth-order valence-electron chi connectivity index (χ4n) is 2.01. The van der Waals surface area contributed by atoms with Gasteiger partial charge >= 0.3 is 0 Å². The largest absolute Gasteiger partial charge is 0.0730 e. The molecule has 1 aliphatic rings. The molecule has 0 bridgehead atoms. The van der Waals surface area contributed by atoms with Gasteiger partial charge in [0.15, 0.2) is 0 Å². The van der Waals surface area contributed by atoms with Crippen molar-refractivity contribution in [1.29, 1.82) is 0 Å². The molecule has 0 aromatic carbocycles. The summed E-state index contributed by atoms with van der Waals surface area (Å²) in [5, 5.41) is 0. The molecule has 0 N–H and O–H groups in total. The zero-order valence-electron chi connectivity index (χ0n) is 8.83. The van der Waals surface area contributed by atoms with Crippen molar-refractivity contribution in [3.63, 3.8) is 0 Å². The average Bonchev–Trinajstić information content (AvgIpc) is 2.04. The minimum absolute atomic E-state index is 1.31. The monoisotopic (exact) mass is 164 g/mol. The molecule has 1 aliphatic carbocycles. The molecule has 0 spiro atoms. The third-order valence-electron chi connectivity index (χ3n) is 2.67. The van der Waals surface area contributed by atoms with Gasteiger partial charge in [-0.3, -0.25) is 0 Å². The molecule has 0 atom stereocenters. The topological polar surface area (TPSA) is 0 Å². The molecule has 0 aromatic heterocycles. The van der Waals surface area contributed by atoms with Crippen molar-refractivity contribution >= 4 is 0 Å². The van der Waals surface area contributed by atoms with Crippen LogP contribution in [0.5, 0.6) is 0 Å². The predicted molar refractivity (Wildman–Crippen MR) is 55.2 cm³/mol. The van der Waals surface area contributed by atoms with Gasteiger partial charge in [-0.2, -0.15) is 0 Å². The minimum Gasteiger partial charge on any atom is -0.0730 e. The predicted octanol–water partition coefficient (Wildman–Crippen LogP) is 4.23. The van der Waals surface area contributed by atoms with Crippen LogP contribution in [0.4, 0.5) is 0 Å². The normalized spacial score (nSPS) is 18.0. The lowest BCUT2D eigenvalue weighted by Gasteiger charge is -2.21. The Kier molecular flexibility index (Phi) is 3.13. The summed E-state index contributed by atoms with van der Waals surface area (Å²) in [6.07, 6.45) is 5.39. The summed E-state index contributed by atoms with van der Waals surface area (Å²) in [5.41, 5.74) is 6.32. The highest BCUT2D eigenvalue weighted by molar-refractivity contribution is 5.38. The molecule has 0 amide bonds. The third kappa shape index (κ3) is 2.00. The van der Waals surface area contributed by atoms with E-state index >= 15 is 0 Å². The maximum atomic E-state index is 2.24. The van der Waals surface area contributed by atoms with Gasteiger partial charge in [-0.1, -0.05) is 11.1 Å². The second kappa shape index (κ2) is 3.93. The van der Waals surface area contributed by atoms with Gasteiger partial charge in [0.1, 0.15) is 0 Å². The second-order valence-electron chi connectivity index (χ2n) is 4.16. The van der Waals surface area contributed by atoms with Crippen LogP contribution in [0, 0.1) is 0 Å². The molecule has 1 rings (SSSR count). The van der Waals surface area contributed by atoms with Crippen LogP contribution in [0.15, 0.2) is 22.3 Å². The molecule has 0 saturated heterocycles. The fourth-order valence-corrected chi connectivity index (χ4v) is 2.01. The third-order valence-corrected chi connectivity index (χ3v) is 2.67. The Morgan fingerprint density at radius 3 is 1.33 bits per heavy atom. The molecule has 68 valence electrons. The first-order valence-electron chi connectivity index (χ1n) is 4.96. The summed E-state index contributed by atoms with van der Waals surface area (Å²) in [6, 6.07) is 0. The maximum Gasteiger partial charge on any atom is -0.0277 e. The van der Waals surface area contributed by atoms with Gasteiger partial charge in [0, 0.05) is 0 Å². The fraction of sp³-hybridized carbons (Fsp3) is 0.667. The zero-order valence-corrected chi connectivity index (χ0v) is 8.83. The quantitative estimate of drug-likeness (QED) is 0.502. The van der Waals surface area contributed by atoms with Gasteiger partial charge < -0.3 is 0 Å². The second-order valence-corrected chi connectivity index (χ2v) is 4.16. The van der Waals surface area contributed by atoms with E-state index in [1.165, 1.54) is 36.8 Å². The summed E-state index contributed by atoms with van der Waals surface area (Å²) in [7, 11) is 0. The maximum absolute atomic E-state index is 2.24. The van der Waals surface area contributed by atoms with E-state index in [1.807, 2.05) is 0 Å². The average molecular weight is 164 g/mol. The molecule has 0 aromatic rings. The Balaban J connectivity index is 2.98. The Labute approximate surface area is 76.4 Å². The van der Waals surface area contributed by atoms with Crippen molar-refractivity contribution in [2.75, 3.05) is 0 Å². The lowest BCUT2D eigenvalue weighted by Crippen LogP contribution is -2.02. The summed E-state index contributed by atoms with van der Waals surface area (Å²) in [5.74, 6) is 0. The summed E-state index contributed by atoms with van der Waals surface area (Å²) < 4.78 is 0. The van der Waals surface area contributed by atoms with E-state index in [0.717, 1.165) is 0 Å². The molecule has 0 radical (unpaired) electrons. The van der Waals surface area contributed by atoms with Crippen LogP contribution in [0.1, 0.15) is 53.4 Å². The van der Waals surface area contributed by atoms with E-state index in [4.69, 9.17) is 0 Å². The Morgan fingerprint density at radius 2 is 1.08 bits per heavy atom. The molecule has 1 fully saturated rings. The molecule has 12 heavy (non-hydrogen) atoms. The molecular weight excluding hydrogens is 144 g/mol. The standard InChI is InChI=1S/C12H20/c1-9(2)11-7-5-6-8-12(11)10(3)4/h5-8H2,1-4H3. The lowest BCUT2D eigenvalue weighted by atomic mass is 9.85. The van der Waals surface area contributed by atoms with Crippen LogP contribution < -0.4 is 0 Å². The smallest absolute Gasteiger partial charge is 0.0277 e. The van der Waals surface area contributed by atoms with Gasteiger partial charge in [0.25, 0.3) is 0 Å². The summed E-state index contributed by atoms with van der Waals surface area (Å²) >= 11 is 0. The number of allylic oxidation sites excluding steroid dienone is 4. The van der Waals surface area contributed by atoms with Crippen molar-refractivity contribution < 1.29 is 0 Å². The highest BCUT2D eigenvalue weighted by atomic mass is 14.2. The van der Waals surface area contributed by atoms with Crippen LogP contribution in [-0.4, -0.2) is 0 Å². The SMILES string of the molecule is CC(C)=C1CCCCC1=C(C)C. The van der Waals surface area contributed by atoms with E-state index in [-0.39, 0.29) is 0 Å². The lowest BCUT2D eigenvalue weighted by molar-refractivity contribution is 0.668. The summed E-state index contributed by atoms with van der Waals surface area (Å²) in [4.78, 5) is 0. The molecule has 0 heterocycles. The van der Waals surface area contributed by atoms with E-state index in [1.54, 1.807) is 11.1 Å². The van der Waals surface area contributed by atoms with Crippen LogP contribution in [0.2, 0.25) is 0 Å². The van der Waals surface area contributed by atoms with Crippen molar-refractivity contribution in [1.82, 2.24) is 0 Å². The van der Waals surface area contributed by atoms with Gasteiger partial charge in [-0.15, -0.1) is 0 Å². The highest BCUT2D eigenvalue weighted by Gasteiger charge is 2.13. The molecular formula is C12H20. The van der Waals surface area contributed by atoms with E-state index < -0.39 is 0 Å². The van der Waals surface area contributed by atoms with Gasteiger partial charge in [-0.05, 0) is 64.5 Å². The molecule has 0 nitrogen and oxygen atoms in total. The number of hydrogen-bond acceptors (Lipinski definition) is 0. The molecule has 0 heteroatoms. The van der Waals surface area contributed by atoms with Gasteiger partial charge in [-0.25, -0.2) is 0 Å². The number of hydrogen-bond donors (Lipinski definition) is 0. The first kappa shape index (κ1) is 9.57. The Hall–Kier alpha value is -0.520. The van der Waals surface area contributed by atoms with Crippen LogP contribution >= 0.6 is 0 Å². The van der Waals surface area contributed by atoms with Gasteiger partial charge in [0.2, 0.25) is 0 Å². The highest BCUT2D eigenvalue weighted by Crippen LogP contribution is 2.32. The Bertz CT molecular complexity index is 194. The minimum atomic E-state index is 1.31. The number of rotatable bonds is 0. The van der Waals surface area contributed by atoms with Crippen molar-refractivity contribution in [3.8, 4) is 0 Å². The first-order valence-corrected chi connectivity index (χ1v) is 4.96. The van der Waals surface area contributed by atoms with Crippen molar-refractivity contribution in [3.05, 3.63) is 22.3 Å². The van der Waals surface area contributed by atoms with E-state index in [9.17, 15) is 0 Å². The molecule has 0 unspecified atom stereocenters. The zero-order chi connectivity index (χ0) is 9.14. The molecule has 0 aliphatic heterocycles. The van der Waals surface area contributed by atoms with Crippen LogP contribution in [0.3, 0.4) is 0 Å². The molecule has 1 saturated carbocycles. The van der Waals surface area contributed by atoms with Crippen LogP contribution in [-0.2, 0) is 0 Å². The van der Waals surface area contributed by atoms with E-state index in [0.29, 0.717) is 0 Å². The summed E-state index contributed by atoms with van der Waals surface area (Å²) in [6.45, 7) is 8.96. The van der Waals surface area contributed by atoms with Gasteiger partial charge in [0.05, 0.1) is 0 Å². The van der Waals surface area contributed by atoms with E-state index in [2.05, 4.69) is 27.7 Å². The van der Waals surface area contributed by atoms with Crippen molar-refractivity contribution in [2.45, 2.75) is 53.4 Å². The first-order chi connectivity index (χ1) is 5.63.